The second kappa shape index (κ2) is 8.90. The summed E-state index contributed by atoms with van der Waals surface area (Å²) in [6.45, 7) is 4.08. The molecule has 0 aliphatic carbocycles. The van der Waals surface area contributed by atoms with E-state index in [2.05, 4.69) is 0 Å². The number of amides is 2. The highest BCUT2D eigenvalue weighted by atomic mass is 19.1. The number of halogens is 1. The highest BCUT2D eigenvalue weighted by Gasteiger charge is 2.35. The molecule has 0 spiro atoms. The molecule has 1 N–H and O–H groups in total. The van der Waals surface area contributed by atoms with Crippen molar-refractivity contribution in [2.24, 2.45) is 5.92 Å². The smallest absolute Gasteiger partial charge is 0.225 e. The first-order chi connectivity index (χ1) is 13.4. The summed E-state index contributed by atoms with van der Waals surface area (Å²) >= 11 is 0. The molecule has 3 rings (SSSR count). The van der Waals surface area contributed by atoms with Crippen molar-refractivity contribution in [2.45, 2.75) is 44.6 Å². The molecule has 2 heterocycles. The molecule has 28 heavy (non-hydrogen) atoms. The third-order valence-corrected chi connectivity index (χ3v) is 5.84. The number of carbonyl (C=O) groups excluding carboxylic acids is 2. The van der Waals surface area contributed by atoms with E-state index in [-0.39, 0.29) is 30.2 Å². The van der Waals surface area contributed by atoms with E-state index in [0.29, 0.717) is 64.0 Å². The Hall–Kier alpha value is -2.15. The standard InChI is InChI=1S/C21H29FN2O4/c1-16(25)23-12-7-17(8-13-23)20(26)24-11-2-9-21(27,10-14-24)15-28-19-5-3-18(22)4-6-19/h3-6,17,27H,2,7-15H2,1H3. The first-order valence-corrected chi connectivity index (χ1v) is 10.0. The Kier molecular flexibility index (Phi) is 6.54. The van der Waals surface area contributed by atoms with Gasteiger partial charge in [0, 0.05) is 39.0 Å². The molecule has 0 saturated carbocycles. The lowest BCUT2D eigenvalue weighted by Crippen LogP contribution is -2.44. The van der Waals surface area contributed by atoms with E-state index in [1.807, 2.05) is 4.90 Å². The molecule has 1 aromatic rings. The largest absolute Gasteiger partial charge is 0.491 e. The van der Waals surface area contributed by atoms with E-state index in [1.165, 1.54) is 12.1 Å². The SMILES string of the molecule is CC(=O)N1CCC(C(=O)N2CCCC(O)(COc3ccc(F)cc3)CC2)CC1. The molecular formula is C21H29FN2O4. The van der Waals surface area contributed by atoms with E-state index >= 15 is 0 Å². The minimum Gasteiger partial charge on any atom is -0.491 e. The van der Waals surface area contributed by atoms with Crippen molar-refractivity contribution in [1.29, 1.82) is 0 Å². The van der Waals surface area contributed by atoms with Crippen molar-refractivity contribution in [3.8, 4) is 5.75 Å². The monoisotopic (exact) mass is 392 g/mol. The van der Waals surface area contributed by atoms with E-state index in [1.54, 1.807) is 24.0 Å². The maximum absolute atomic E-state index is 13.0. The summed E-state index contributed by atoms with van der Waals surface area (Å²) in [6, 6.07) is 5.73. The van der Waals surface area contributed by atoms with E-state index < -0.39 is 5.60 Å². The number of hydrogen-bond acceptors (Lipinski definition) is 4. The van der Waals surface area contributed by atoms with Crippen LogP contribution in [0, 0.1) is 11.7 Å². The predicted molar refractivity (Wildman–Crippen MR) is 102 cm³/mol. The summed E-state index contributed by atoms with van der Waals surface area (Å²) in [5.74, 6) is 0.337. The van der Waals surface area contributed by atoms with Gasteiger partial charge in [-0.3, -0.25) is 9.59 Å². The molecule has 2 aliphatic rings. The zero-order valence-electron chi connectivity index (χ0n) is 16.4. The Balaban J connectivity index is 1.50. The maximum Gasteiger partial charge on any atom is 0.225 e. The van der Waals surface area contributed by atoms with Gasteiger partial charge in [-0.25, -0.2) is 4.39 Å². The molecule has 0 bridgehead atoms. The molecular weight excluding hydrogens is 363 g/mol. The lowest BCUT2D eigenvalue weighted by molar-refractivity contribution is -0.140. The summed E-state index contributed by atoms with van der Waals surface area (Å²) in [6.07, 6.45) is 3.12. The zero-order valence-corrected chi connectivity index (χ0v) is 16.4. The molecule has 154 valence electrons. The van der Waals surface area contributed by atoms with Gasteiger partial charge in [0.2, 0.25) is 11.8 Å². The third-order valence-electron chi connectivity index (χ3n) is 5.84. The number of ether oxygens (including phenoxy) is 1. The highest BCUT2D eigenvalue weighted by molar-refractivity contribution is 5.79. The van der Waals surface area contributed by atoms with Crippen LogP contribution in [0.2, 0.25) is 0 Å². The average molecular weight is 392 g/mol. The molecule has 2 saturated heterocycles. The minimum absolute atomic E-state index is 0.0442. The number of likely N-dealkylation sites (tertiary alicyclic amines) is 2. The van der Waals surface area contributed by atoms with Gasteiger partial charge in [-0.1, -0.05) is 0 Å². The van der Waals surface area contributed by atoms with Crippen LogP contribution in [0.5, 0.6) is 5.75 Å². The molecule has 2 amide bonds. The van der Waals surface area contributed by atoms with Crippen LogP contribution in [-0.4, -0.2) is 65.1 Å². The van der Waals surface area contributed by atoms with E-state index in [0.717, 1.165) is 0 Å². The van der Waals surface area contributed by atoms with E-state index in [4.69, 9.17) is 4.74 Å². The van der Waals surface area contributed by atoms with Gasteiger partial charge < -0.3 is 19.6 Å². The van der Waals surface area contributed by atoms with Gasteiger partial charge in [-0.05, 0) is 56.4 Å². The average Bonchev–Trinajstić information content (AvgIpc) is 2.89. The Morgan fingerprint density at radius 3 is 2.43 bits per heavy atom. The van der Waals surface area contributed by atoms with Crippen LogP contribution in [0.4, 0.5) is 4.39 Å². The highest BCUT2D eigenvalue weighted by Crippen LogP contribution is 2.27. The number of carbonyl (C=O) groups is 2. The van der Waals surface area contributed by atoms with Crippen LogP contribution >= 0.6 is 0 Å². The molecule has 6 nitrogen and oxygen atoms in total. The number of hydrogen-bond donors (Lipinski definition) is 1. The minimum atomic E-state index is -0.999. The van der Waals surface area contributed by atoms with Crippen LogP contribution in [0.25, 0.3) is 0 Å². The van der Waals surface area contributed by atoms with Crippen molar-refractivity contribution < 1.29 is 23.8 Å². The fourth-order valence-corrected chi connectivity index (χ4v) is 3.99. The van der Waals surface area contributed by atoms with Gasteiger partial charge in [-0.2, -0.15) is 0 Å². The van der Waals surface area contributed by atoms with Crippen molar-refractivity contribution >= 4 is 11.8 Å². The lowest BCUT2D eigenvalue weighted by Gasteiger charge is -2.33. The number of aliphatic hydroxyl groups is 1. The van der Waals surface area contributed by atoms with Crippen molar-refractivity contribution in [3.63, 3.8) is 0 Å². The number of benzene rings is 1. The van der Waals surface area contributed by atoms with Crippen LogP contribution in [0.1, 0.15) is 39.0 Å². The first-order valence-electron chi connectivity index (χ1n) is 10.0. The van der Waals surface area contributed by atoms with Gasteiger partial charge in [0.1, 0.15) is 23.8 Å². The van der Waals surface area contributed by atoms with Gasteiger partial charge in [0.15, 0.2) is 0 Å². The molecule has 2 fully saturated rings. The van der Waals surface area contributed by atoms with E-state index in [9.17, 15) is 19.1 Å². The quantitative estimate of drug-likeness (QED) is 0.853. The fourth-order valence-electron chi connectivity index (χ4n) is 3.99. The molecule has 1 aromatic carbocycles. The Labute approximate surface area is 165 Å². The normalized spacial score (nSPS) is 24.0. The van der Waals surface area contributed by atoms with Crippen LogP contribution in [-0.2, 0) is 9.59 Å². The molecule has 0 radical (unpaired) electrons. The van der Waals surface area contributed by atoms with Gasteiger partial charge in [0.05, 0.1) is 0 Å². The van der Waals surface area contributed by atoms with Gasteiger partial charge >= 0.3 is 0 Å². The Morgan fingerprint density at radius 2 is 1.79 bits per heavy atom. The second-order valence-electron chi connectivity index (χ2n) is 7.93. The van der Waals surface area contributed by atoms with Crippen LogP contribution in [0.3, 0.4) is 0 Å². The first kappa shape index (κ1) is 20.6. The van der Waals surface area contributed by atoms with Gasteiger partial charge in [-0.15, -0.1) is 0 Å². The molecule has 7 heteroatoms. The number of piperidine rings is 1. The predicted octanol–water partition coefficient (Wildman–Crippen LogP) is 2.21. The molecule has 1 unspecified atom stereocenters. The molecule has 2 aliphatic heterocycles. The molecule has 0 aromatic heterocycles. The second-order valence-corrected chi connectivity index (χ2v) is 7.93. The lowest BCUT2D eigenvalue weighted by atomic mass is 9.94. The summed E-state index contributed by atoms with van der Waals surface area (Å²) < 4.78 is 18.6. The van der Waals surface area contributed by atoms with Crippen molar-refractivity contribution in [3.05, 3.63) is 30.1 Å². The fraction of sp³-hybridized carbons (Fsp3) is 0.619. The van der Waals surface area contributed by atoms with Crippen LogP contribution < -0.4 is 4.74 Å². The van der Waals surface area contributed by atoms with Crippen molar-refractivity contribution in [2.75, 3.05) is 32.8 Å². The topological polar surface area (TPSA) is 70.1 Å². The maximum atomic E-state index is 13.0. The third kappa shape index (κ3) is 5.22. The van der Waals surface area contributed by atoms with Crippen LogP contribution in [0.15, 0.2) is 24.3 Å². The summed E-state index contributed by atoms with van der Waals surface area (Å²) in [5, 5.41) is 10.9. The summed E-state index contributed by atoms with van der Waals surface area (Å²) in [4.78, 5) is 28.0. The summed E-state index contributed by atoms with van der Waals surface area (Å²) in [7, 11) is 0. The van der Waals surface area contributed by atoms with Gasteiger partial charge in [0.25, 0.3) is 0 Å². The number of nitrogens with zero attached hydrogens (tertiary/aromatic N) is 2. The van der Waals surface area contributed by atoms with Crippen molar-refractivity contribution in [1.82, 2.24) is 9.80 Å². The summed E-state index contributed by atoms with van der Waals surface area (Å²) in [5.41, 5.74) is -0.999. The Bertz CT molecular complexity index is 688. The number of rotatable bonds is 4. The Morgan fingerprint density at radius 1 is 1.11 bits per heavy atom. The molecule has 1 atom stereocenters. The zero-order chi connectivity index (χ0) is 20.1.